The number of fused-ring (bicyclic) bond motifs is 3. The lowest BCUT2D eigenvalue weighted by Gasteiger charge is -2.12. The van der Waals surface area contributed by atoms with Crippen LogP contribution in [0.1, 0.15) is 5.56 Å². The molecule has 68 valence electrons. The average molecular weight is 201 g/mol. The summed E-state index contributed by atoms with van der Waals surface area (Å²) < 4.78 is 3.12. The van der Waals surface area contributed by atoms with Gasteiger partial charge in [-0.1, -0.05) is 6.07 Å². The summed E-state index contributed by atoms with van der Waals surface area (Å²) in [5.74, 6) is 0. The van der Waals surface area contributed by atoms with Crippen LogP contribution in [0.3, 0.4) is 0 Å². The molecule has 0 fully saturated rings. The number of hydrogen-bond donors (Lipinski definition) is 1. The molecular formula is C10H7N3S. The Bertz CT molecular complexity index is 522. The molecule has 3 rings (SSSR count). The molecule has 1 aliphatic rings. The number of rotatable bonds is 0. The Labute approximate surface area is 85.4 Å². The third kappa shape index (κ3) is 1.08. The van der Waals surface area contributed by atoms with E-state index in [1.54, 1.807) is 18.1 Å². The second kappa shape index (κ2) is 2.99. The van der Waals surface area contributed by atoms with Gasteiger partial charge in [0.15, 0.2) is 0 Å². The Balaban J connectivity index is 2.41. The maximum atomic E-state index is 4.07. The molecule has 14 heavy (non-hydrogen) atoms. The van der Waals surface area contributed by atoms with Gasteiger partial charge in [-0.3, -0.25) is 0 Å². The molecule has 0 atom stereocenters. The van der Waals surface area contributed by atoms with Crippen LogP contribution >= 0.6 is 11.9 Å². The van der Waals surface area contributed by atoms with Crippen LogP contribution in [0.5, 0.6) is 0 Å². The van der Waals surface area contributed by atoms with E-state index in [9.17, 15) is 0 Å². The second-order valence-corrected chi connectivity index (χ2v) is 3.85. The fourth-order valence-corrected chi connectivity index (χ4v) is 2.31. The van der Waals surface area contributed by atoms with E-state index in [4.69, 9.17) is 0 Å². The summed E-state index contributed by atoms with van der Waals surface area (Å²) in [7, 11) is 0. The summed E-state index contributed by atoms with van der Waals surface area (Å²) in [4.78, 5) is 1.22. The van der Waals surface area contributed by atoms with Gasteiger partial charge in [0.2, 0.25) is 0 Å². The van der Waals surface area contributed by atoms with Crippen molar-refractivity contribution >= 4 is 28.9 Å². The Morgan fingerprint density at radius 2 is 2.21 bits per heavy atom. The standard InChI is InChI=1S/C10H7N3S/c1-2-9-8(4-5-11-13-9)10-7(1)3-6-12-14-10/h1-6,12H. The zero-order chi connectivity index (χ0) is 9.38. The zero-order valence-corrected chi connectivity index (χ0v) is 8.08. The molecule has 0 bridgehead atoms. The molecule has 0 saturated carbocycles. The van der Waals surface area contributed by atoms with Gasteiger partial charge in [-0.2, -0.15) is 10.2 Å². The highest BCUT2D eigenvalue weighted by Crippen LogP contribution is 2.31. The van der Waals surface area contributed by atoms with Crippen LogP contribution in [-0.4, -0.2) is 10.2 Å². The van der Waals surface area contributed by atoms with E-state index in [0.717, 1.165) is 10.9 Å². The monoisotopic (exact) mass is 201 g/mol. The molecule has 0 unspecified atom stereocenters. The van der Waals surface area contributed by atoms with Crippen molar-refractivity contribution in [1.29, 1.82) is 0 Å². The molecule has 3 nitrogen and oxygen atoms in total. The van der Waals surface area contributed by atoms with Crippen molar-refractivity contribution in [2.45, 2.75) is 4.90 Å². The number of nitrogens with one attached hydrogen (secondary N) is 1. The van der Waals surface area contributed by atoms with Gasteiger partial charge in [-0.25, -0.2) is 0 Å². The van der Waals surface area contributed by atoms with Crippen LogP contribution in [0.2, 0.25) is 0 Å². The fraction of sp³-hybridized carbons (Fsp3) is 0. The summed E-state index contributed by atoms with van der Waals surface area (Å²) in [5.41, 5.74) is 2.17. The van der Waals surface area contributed by atoms with Crippen molar-refractivity contribution in [1.82, 2.24) is 14.9 Å². The molecule has 0 saturated heterocycles. The average Bonchev–Trinajstić information content (AvgIpc) is 2.29. The molecule has 1 N–H and O–H groups in total. The number of nitrogens with zero attached hydrogens (tertiary/aromatic N) is 2. The highest BCUT2D eigenvalue weighted by atomic mass is 32.2. The lowest BCUT2D eigenvalue weighted by atomic mass is 10.1. The van der Waals surface area contributed by atoms with E-state index in [2.05, 4.69) is 27.1 Å². The highest BCUT2D eigenvalue weighted by molar-refractivity contribution is 7.97. The Hall–Kier alpha value is -1.55. The van der Waals surface area contributed by atoms with Gasteiger partial charge in [0.1, 0.15) is 0 Å². The molecular weight excluding hydrogens is 194 g/mol. The SMILES string of the molecule is C1=Cc2ccc3nnccc3c2SN1. The first-order valence-electron chi connectivity index (χ1n) is 4.28. The van der Waals surface area contributed by atoms with E-state index in [1.807, 2.05) is 18.3 Å². The smallest absolute Gasteiger partial charge is 0.0942 e. The van der Waals surface area contributed by atoms with Crippen molar-refractivity contribution in [3.05, 3.63) is 36.2 Å². The Kier molecular flexibility index (Phi) is 1.67. The van der Waals surface area contributed by atoms with Crippen molar-refractivity contribution in [3.8, 4) is 0 Å². The van der Waals surface area contributed by atoms with Gasteiger partial charge in [-0.05, 0) is 35.7 Å². The Morgan fingerprint density at radius 1 is 1.21 bits per heavy atom. The summed E-state index contributed by atoms with van der Waals surface area (Å²) in [5, 5.41) is 9.09. The fourth-order valence-electron chi connectivity index (χ4n) is 1.52. The van der Waals surface area contributed by atoms with Crippen LogP contribution in [0.4, 0.5) is 0 Å². The maximum absolute atomic E-state index is 4.07. The van der Waals surface area contributed by atoms with Gasteiger partial charge in [-0.15, -0.1) is 0 Å². The molecule has 1 aromatic carbocycles. The lowest BCUT2D eigenvalue weighted by molar-refractivity contribution is 1.07. The van der Waals surface area contributed by atoms with Crippen LogP contribution in [-0.2, 0) is 0 Å². The van der Waals surface area contributed by atoms with E-state index < -0.39 is 0 Å². The summed E-state index contributed by atoms with van der Waals surface area (Å²) >= 11 is 1.61. The van der Waals surface area contributed by atoms with Crippen LogP contribution in [0, 0.1) is 0 Å². The molecule has 0 amide bonds. The molecule has 0 aliphatic carbocycles. The predicted octanol–water partition coefficient (Wildman–Crippen LogP) is 2.21. The number of benzene rings is 1. The van der Waals surface area contributed by atoms with Gasteiger partial charge in [0.25, 0.3) is 0 Å². The van der Waals surface area contributed by atoms with Crippen molar-refractivity contribution in [2.24, 2.45) is 0 Å². The van der Waals surface area contributed by atoms with Crippen molar-refractivity contribution in [2.75, 3.05) is 0 Å². The Morgan fingerprint density at radius 3 is 3.21 bits per heavy atom. The lowest BCUT2D eigenvalue weighted by Crippen LogP contribution is -1.99. The van der Waals surface area contributed by atoms with Gasteiger partial charge >= 0.3 is 0 Å². The molecule has 1 aliphatic heterocycles. The summed E-state index contributed by atoms with van der Waals surface area (Å²) in [6.07, 6.45) is 5.72. The third-order valence-electron chi connectivity index (χ3n) is 2.17. The first kappa shape index (κ1) is 7.82. The molecule has 2 aromatic rings. The number of aromatic nitrogens is 2. The molecule has 0 radical (unpaired) electrons. The van der Waals surface area contributed by atoms with E-state index >= 15 is 0 Å². The third-order valence-corrected chi connectivity index (χ3v) is 3.08. The second-order valence-electron chi connectivity index (χ2n) is 3.00. The first-order valence-corrected chi connectivity index (χ1v) is 5.10. The zero-order valence-electron chi connectivity index (χ0n) is 7.27. The molecule has 2 heterocycles. The summed E-state index contributed by atoms with van der Waals surface area (Å²) in [6, 6.07) is 6.06. The molecule has 4 heteroatoms. The van der Waals surface area contributed by atoms with E-state index in [1.165, 1.54) is 10.5 Å². The summed E-state index contributed by atoms with van der Waals surface area (Å²) in [6.45, 7) is 0. The highest BCUT2D eigenvalue weighted by Gasteiger charge is 2.09. The minimum atomic E-state index is 0.941. The quantitative estimate of drug-likeness (QED) is 0.663. The normalized spacial score (nSPS) is 13.7. The predicted molar refractivity (Wildman–Crippen MR) is 57.6 cm³/mol. The largest absolute Gasteiger partial charge is 0.332 e. The molecule has 1 aromatic heterocycles. The van der Waals surface area contributed by atoms with Gasteiger partial charge < -0.3 is 4.72 Å². The van der Waals surface area contributed by atoms with Crippen molar-refractivity contribution < 1.29 is 0 Å². The van der Waals surface area contributed by atoms with Crippen LogP contribution in [0.15, 0.2) is 35.5 Å². The minimum absolute atomic E-state index is 0.941. The van der Waals surface area contributed by atoms with E-state index in [-0.39, 0.29) is 0 Å². The van der Waals surface area contributed by atoms with Gasteiger partial charge in [0.05, 0.1) is 11.7 Å². The minimum Gasteiger partial charge on any atom is -0.332 e. The van der Waals surface area contributed by atoms with Gasteiger partial charge in [0, 0.05) is 16.5 Å². The first-order chi connectivity index (χ1) is 6.95. The van der Waals surface area contributed by atoms with Crippen LogP contribution < -0.4 is 4.72 Å². The van der Waals surface area contributed by atoms with Crippen molar-refractivity contribution in [3.63, 3.8) is 0 Å². The topological polar surface area (TPSA) is 37.8 Å². The number of hydrogen-bond acceptors (Lipinski definition) is 4. The molecule has 0 spiro atoms. The van der Waals surface area contributed by atoms with E-state index in [0.29, 0.717) is 0 Å². The van der Waals surface area contributed by atoms with Crippen LogP contribution in [0.25, 0.3) is 17.0 Å². The maximum Gasteiger partial charge on any atom is 0.0942 e.